The smallest absolute Gasteiger partial charge is 0.00104 e. The van der Waals surface area contributed by atoms with Crippen molar-refractivity contribution in [2.75, 3.05) is 13.6 Å². The first-order valence-electron chi connectivity index (χ1n) is 6.09. The van der Waals surface area contributed by atoms with Crippen molar-refractivity contribution in [3.05, 3.63) is 0 Å². The molecule has 0 rings (SSSR count). The summed E-state index contributed by atoms with van der Waals surface area (Å²) in [6.07, 6.45) is 7.78. The Morgan fingerprint density at radius 1 is 1.07 bits per heavy atom. The van der Waals surface area contributed by atoms with Crippen LogP contribution in [0.25, 0.3) is 0 Å². The van der Waals surface area contributed by atoms with E-state index in [2.05, 4.69) is 26.1 Å². The summed E-state index contributed by atoms with van der Waals surface area (Å²) in [5.74, 6) is 0. The van der Waals surface area contributed by atoms with Crippen LogP contribution >= 0.6 is 0 Å². The van der Waals surface area contributed by atoms with E-state index >= 15 is 0 Å². The maximum Gasteiger partial charge on any atom is 0.00104 e. The second kappa shape index (κ2) is 15.4. The van der Waals surface area contributed by atoms with Crippen molar-refractivity contribution >= 4 is 0 Å². The Hall–Kier alpha value is -0.0800. The van der Waals surface area contributed by atoms with Gasteiger partial charge in [0.2, 0.25) is 0 Å². The van der Waals surface area contributed by atoms with E-state index in [-0.39, 0.29) is 0 Å². The van der Waals surface area contributed by atoms with E-state index in [4.69, 9.17) is 5.73 Å². The molecule has 0 aliphatic rings. The van der Waals surface area contributed by atoms with Gasteiger partial charge in [0.1, 0.15) is 0 Å². The van der Waals surface area contributed by atoms with Gasteiger partial charge in [-0.05, 0) is 33.4 Å². The van der Waals surface area contributed by atoms with Crippen LogP contribution in [0.1, 0.15) is 59.3 Å². The number of unbranched alkanes of at least 4 members (excludes halogenated alkanes) is 3. The van der Waals surface area contributed by atoms with Gasteiger partial charge in [0.05, 0.1) is 0 Å². The van der Waals surface area contributed by atoms with Crippen LogP contribution in [0.4, 0.5) is 0 Å². The predicted molar refractivity (Wildman–Crippen MR) is 66.6 cm³/mol. The molecular formula is C12H30N2. The molecule has 2 nitrogen and oxygen atoms in total. The zero-order valence-electron chi connectivity index (χ0n) is 10.6. The minimum Gasteiger partial charge on any atom is -0.328 e. The van der Waals surface area contributed by atoms with Crippen LogP contribution in [-0.2, 0) is 0 Å². The minimum absolute atomic E-state index is 0.404. The normalized spacial score (nSPS) is 11.8. The summed E-state index contributed by atoms with van der Waals surface area (Å²) in [5.41, 5.74) is 5.57. The Bertz CT molecular complexity index is 80.4. The van der Waals surface area contributed by atoms with Crippen molar-refractivity contribution < 1.29 is 0 Å². The summed E-state index contributed by atoms with van der Waals surface area (Å²) in [6, 6.07) is 0.404. The van der Waals surface area contributed by atoms with E-state index in [0.29, 0.717) is 6.04 Å². The van der Waals surface area contributed by atoms with Gasteiger partial charge in [-0.1, -0.05) is 39.5 Å². The summed E-state index contributed by atoms with van der Waals surface area (Å²) in [5, 5.41) is 3.02. The summed E-state index contributed by atoms with van der Waals surface area (Å²) in [7, 11) is 1.96. The lowest BCUT2D eigenvalue weighted by Crippen LogP contribution is -2.13. The lowest BCUT2D eigenvalue weighted by atomic mass is 10.1. The topological polar surface area (TPSA) is 38.0 Å². The largest absolute Gasteiger partial charge is 0.328 e. The molecule has 0 aliphatic carbocycles. The standard InChI is InChI=1S/C8H19N.C4H11N/c1-3-4-5-6-7-8(2)9;1-3-4-5-2/h8H,3-7,9H2,1-2H3;5H,3-4H2,1-2H3. The van der Waals surface area contributed by atoms with Crippen LogP contribution in [0.5, 0.6) is 0 Å². The van der Waals surface area contributed by atoms with Gasteiger partial charge in [-0.2, -0.15) is 0 Å². The van der Waals surface area contributed by atoms with E-state index in [0.717, 1.165) is 6.54 Å². The van der Waals surface area contributed by atoms with Crippen LogP contribution in [-0.4, -0.2) is 19.6 Å². The molecule has 0 heterocycles. The molecule has 0 aromatic heterocycles. The van der Waals surface area contributed by atoms with E-state index in [9.17, 15) is 0 Å². The molecule has 0 aromatic carbocycles. The minimum atomic E-state index is 0.404. The average Bonchev–Trinajstić information content (AvgIpc) is 2.15. The van der Waals surface area contributed by atoms with Gasteiger partial charge in [-0.15, -0.1) is 0 Å². The van der Waals surface area contributed by atoms with Gasteiger partial charge in [0.15, 0.2) is 0 Å². The van der Waals surface area contributed by atoms with E-state index in [1.807, 2.05) is 7.05 Å². The maximum atomic E-state index is 5.57. The molecule has 0 spiro atoms. The molecule has 0 radical (unpaired) electrons. The van der Waals surface area contributed by atoms with E-state index in [1.54, 1.807) is 0 Å². The second-order valence-electron chi connectivity index (χ2n) is 3.93. The Morgan fingerprint density at radius 3 is 2.00 bits per heavy atom. The van der Waals surface area contributed by atoms with Crippen molar-refractivity contribution in [2.45, 2.75) is 65.3 Å². The van der Waals surface area contributed by atoms with Crippen LogP contribution in [0.2, 0.25) is 0 Å². The first-order chi connectivity index (χ1) is 6.68. The fourth-order valence-electron chi connectivity index (χ4n) is 1.14. The molecule has 2 heteroatoms. The van der Waals surface area contributed by atoms with Gasteiger partial charge in [-0.25, -0.2) is 0 Å². The maximum absolute atomic E-state index is 5.57. The summed E-state index contributed by atoms with van der Waals surface area (Å²) in [6.45, 7) is 7.59. The lowest BCUT2D eigenvalue weighted by molar-refractivity contribution is 0.575. The van der Waals surface area contributed by atoms with Crippen molar-refractivity contribution in [2.24, 2.45) is 5.73 Å². The van der Waals surface area contributed by atoms with E-state index < -0.39 is 0 Å². The molecular weight excluding hydrogens is 172 g/mol. The third kappa shape index (κ3) is 22.7. The third-order valence-corrected chi connectivity index (χ3v) is 2.01. The lowest BCUT2D eigenvalue weighted by Gasteiger charge is -2.02. The molecule has 0 bridgehead atoms. The Kier molecular flexibility index (Phi) is 18.0. The van der Waals surface area contributed by atoms with Crippen molar-refractivity contribution in [3.63, 3.8) is 0 Å². The fourth-order valence-corrected chi connectivity index (χ4v) is 1.14. The molecule has 0 aromatic rings. The molecule has 0 saturated carbocycles. The molecule has 0 fully saturated rings. The summed E-state index contributed by atoms with van der Waals surface area (Å²) >= 11 is 0. The van der Waals surface area contributed by atoms with Crippen molar-refractivity contribution in [3.8, 4) is 0 Å². The molecule has 1 atom stereocenters. The first kappa shape index (κ1) is 16.4. The highest BCUT2D eigenvalue weighted by Crippen LogP contribution is 2.03. The van der Waals surface area contributed by atoms with Crippen LogP contribution < -0.4 is 11.1 Å². The number of nitrogens with two attached hydrogens (primary N) is 1. The van der Waals surface area contributed by atoms with Crippen LogP contribution in [0.3, 0.4) is 0 Å². The van der Waals surface area contributed by atoms with Gasteiger partial charge >= 0.3 is 0 Å². The highest BCUT2D eigenvalue weighted by molar-refractivity contribution is 4.52. The second-order valence-corrected chi connectivity index (χ2v) is 3.93. The number of hydrogen-bond donors (Lipinski definition) is 2. The van der Waals surface area contributed by atoms with Gasteiger partial charge in [0.25, 0.3) is 0 Å². The van der Waals surface area contributed by atoms with Crippen molar-refractivity contribution in [1.29, 1.82) is 0 Å². The van der Waals surface area contributed by atoms with Gasteiger partial charge in [0, 0.05) is 6.04 Å². The summed E-state index contributed by atoms with van der Waals surface area (Å²) in [4.78, 5) is 0. The molecule has 0 aliphatic heterocycles. The zero-order valence-corrected chi connectivity index (χ0v) is 10.6. The fraction of sp³-hybridized carbons (Fsp3) is 1.00. The van der Waals surface area contributed by atoms with Crippen LogP contribution in [0, 0.1) is 0 Å². The predicted octanol–water partition coefficient (Wildman–Crippen LogP) is 2.92. The van der Waals surface area contributed by atoms with Gasteiger partial charge in [-0.3, -0.25) is 0 Å². The highest BCUT2D eigenvalue weighted by Gasteiger charge is 1.91. The monoisotopic (exact) mass is 202 g/mol. The van der Waals surface area contributed by atoms with E-state index in [1.165, 1.54) is 38.5 Å². The SMILES string of the molecule is CCCCCCC(C)N.CCCNC. The summed E-state index contributed by atoms with van der Waals surface area (Å²) < 4.78 is 0. The molecule has 1 unspecified atom stereocenters. The Labute approximate surface area is 90.6 Å². The van der Waals surface area contributed by atoms with Crippen molar-refractivity contribution in [1.82, 2.24) is 5.32 Å². The number of nitrogens with one attached hydrogen (secondary N) is 1. The molecule has 88 valence electrons. The molecule has 0 saturated heterocycles. The molecule has 3 N–H and O–H groups in total. The number of hydrogen-bond acceptors (Lipinski definition) is 2. The first-order valence-corrected chi connectivity index (χ1v) is 6.09. The Morgan fingerprint density at radius 2 is 1.71 bits per heavy atom. The Balaban J connectivity index is 0. The third-order valence-electron chi connectivity index (χ3n) is 2.01. The quantitative estimate of drug-likeness (QED) is 0.623. The van der Waals surface area contributed by atoms with Gasteiger partial charge < -0.3 is 11.1 Å². The molecule has 14 heavy (non-hydrogen) atoms. The molecule has 0 amide bonds. The average molecular weight is 202 g/mol. The highest BCUT2D eigenvalue weighted by atomic mass is 14.8. The zero-order chi connectivity index (χ0) is 11.2. The number of rotatable bonds is 7. The van der Waals surface area contributed by atoms with Crippen LogP contribution in [0.15, 0.2) is 0 Å².